The second-order valence-corrected chi connectivity index (χ2v) is 13.0. The van der Waals surface area contributed by atoms with Crippen LogP contribution < -0.4 is 29.1 Å². The number of fused-ring (bicyclic) bond motifs is 2. The molecule has 0 bridgehead atoms. The van der Waals surface area contributed by atoms with Crippen molar-refractivity contribution in [2.75, 3.05) is 0 Å². The van der Waals surface area contributed by atoms with E-state index in [0.29, 0.717) is 5.39 Å². The molecule has 0 radical (unpaired) electrons. The van der Waals surface area contributed by atoms with Crippen molar-refractivity contribution in [3.8, 4) is 23.0 Å². The van der Waals surface area contributed by atoms with Gasteiger partial charge in [-0.25, -0.2) is 16.8 Å². The summed E-state index contributed by atoms with van der Waals surface area (Å²) in [5.74, 6) is -1.30. The van der Waals surface area contributed by atoms with Crippen LogP contribution in [-0.4, -0.2) is 27.0 Å². The molecule has 0 saturated carbocycles. The van der Waals surface area contributed by atoms with E-state index < -0.39 is 31.5 Å². The Hall–Kier alpha value is -4.84. The van der Waals surface area contributed by atoms with Gasteiger partial charge in [0, 0.05) is 5.39 Å². The smallest absolute Gasteiger partial charge is 0.871 e. The molecule has 4 N–H and O–H groups in total. The summed E-state index contributed by atoms with van der Waals surface area (Å²) in [6, 6.07) is 26.9. The molecule has 0 aliphatic heterocycles. The molecule has 0 unspecified atom stereocenters. The van der Waals surface area contributed by atoms with E-state index in [9.17, 15) is 37.3 Å². The summed E-state index contributed by atoms with van der Waals surface area (Å²) in [5, 5.41) is 75.9. The predicted octanol–water partition coefficient (Wildman–Crippen LogP) is 4.55. The number of rotatable bonds is 6. The molecule has 6 aromatic rings. The summed E-state index contributed by atoms with van der Waals surface area (Å²) in [7, 11) is -8.41. The molecule has 0 aliphatic carbocycles. The van der Waals surface area contributed by atoms with Gasteiger partial charge < -0.3 is 30.7 Å². The molecular weight excluding hydrogens is 726 g/mol. The van der Waals surface area contributed by atoms with Gasteiger partial charge in [-0.05, 0) is 58.6 Å². The van der Waals surface area contributed by atoms with E-state index in [1.165, 1.54) is 12.1 Å². The second kappa shape index (κ2) is 16.2. The Morgan fingerprint density at radius 3 is 1.52 bits per heavy atom. The van der Waals surface area contributed by atoms with Crippen LogP contribution in [0.25, 0.3) is 31.8 Å². The summed E-state index contributed by atoms with van der Waals surface area (Å²) < 4.78 is 45.0. The first-order chi connectivity index (χ1) is 22.7. The summed E-state index contributed by atoms with van der Waals surface area (Å²) >= 11 is 0. The fourth-order valence-corrected chi connectivity index (χ4v) is 5.37. The number of azo groups is 2. The Labute approximate surface area is 308 Å². The number of phenols is 2. The van der Waals surface area contributed by atoms with Crippen LogP contribution in [0.5, 0.6) is 23.0 Å². The molecule has 0 aliphatic rings. The van der Waals surface area contributed by atoms with Crippen molar-refractivity contribution in [3.05, 3.63) is 119 Å². The van der Waals surface area contributed by atoms with Crippen LogP contribution in [0.3, 0.4) is 0 Å². The van der Waals surface area contributed by atoms with Crippen LogP contribution >= 0.6 is 0 Å². The van der Waals surface area contributed by atoms with E-state index in [0.717, 1.165) is 52.6 Å². The van der Waals surface area contributed by atoms with Crippen molar-refractivity contribution < 1.29 is 72.9 Å². The molecule has 0 atom stereocenters. The SMILES string of the molecule is [Co+3].[Li+].[NH-]S(=O)(=O)c1ccc([O-])c(N=Nc2c(O)ccc3ccccc23)c1.[NH-]S(=O)(=O)c1ccc([O-])c(N=Nc2cc3ccccc3cc2O)c1. The first-order valence-corrected chi connectivity index (χ1v) is 16.5. The van der Waals surface area contributed by atoms with E-state index in [2.05, 4.69) is 20.5 Å². The monoisotopic (exact) mass is 748 g/mol. The zero-order chi connectivity index (χ0) is 34.6. The zero-order valence-electron chi connectivity index (χ0n) is 25.7. The minimum absolute atomic E-state index is 0. The quantitative estimate of drug-likeness (QED) is 0.180. The van der Waals surface area contributed by atoms with Gasteiger partial charge in [-0.3, -0.25) is 0 Å². The van der Waals surface area contributed by atoms with Gasteiger partial charge in [-0.2, -0.15) is 10.2 Å². The minimum Gasteiger partial charge on any atom is -0.871 e. The topological polar surface area (TPSA) is 252 Å². The average molecular weight is 749 g/mol. The normalized spacial score (nSPS) is 11.6. The number of nitrogens with zero attached hydrogens (tertiary/aromatic N) is 4. The van der Waals surface area contributed by atoms with E-state index in [1.807, 2.05) is 36.4 Å². The number of sulfonamides is 2. The number of phenolic OH excluding ortho intramolecular Hbond substituents is 2. The van der Waals surface area contributed by atoms with Crippen molar-refractivity contribution in [3.63, 3.8) is 0 Å². The molecule has 0 amide bonds. The molecule has 18 heteroatoms. The summed E-state index contributed by atoms with van der Waals surface area (Å²) in [5.41, 5.74) is -0.134. The van der Waals surface area contributed by atoms with Gasteiger partial charge in [0.1, 0.15) is 22.9 Å². The Morgan fingerprint density at radius 1 is 0.520 bits per heavy atom. The number of hydrogen-bond acceptors (Lipinski definition) is 12. The predicted molar refractivity (Wildman–Crippen MR) is 174 cm³/mol. The van der Waals surface area contributed by atoms with Crippen LogP contribution in [0.1, 0.15) is 0 Å². The minimum atomic E-state index is -4.21. The van der Waals surface area contributed by atoms with Crippen LogP contribution in [0.4, 0.5) is 22.7 Å². The van der Waals surface area contributed by atoms with Crippen molar-refractivity contribution >= 4 is 64.3 Å². The third kappa shape index (κ3) is 9.44. The molecule has 14 nitrogen and oxygen atoms in total. The van der Waals surface area contributed by atoms with Gasteiger partial charge in [0.15, 0.2) is 0 Å². The molecule has 0 spiro atoms. The molecule has 6 aromatic carbocycles. The maximum absolute atomic E-state index is 11.8. The summed E-state index contributed by atoms with van der Waals surface area (Å²) in [6.45, 7) is 0. The zero-order valence-corrected chi connectivity index (χ0v) is 28.3. The first kappa shape index (κ1) is 39.6. The Kier molecular flexibility index (Phi) is 12.9. The van der Waals surface area contributed by atoms with Gasteiger partial charge in [-0.1, -0.05) is 78.2 Å². The Balaban J connectivity index is 0.000000260. The number of aromatic hydroxyl groups is 2. The van der Waals surface area contributed by atoms with Crippen molar-refractivity contribution in [2.45, 2.75) is 9.79 Å². The third-order valence-electron chi connectivity index (χ3n) is 6.73. The fourth-order valence-electron chi connectivity index (χ4n) is 4.34. The number of nitrogens with one attached hydrogen (secondary N) is 2. The standard InChI is InChI=1S/2C16H12N3O4S.Co.Li/c17-24(22,23)11-6-8-14(20)13(9-11)18-19-16-12-4-2-1-3-10(12)5-7-15(16)21;17-24(22,23)12-5-6-15(20)14(9-12)19-18-13-7-10-3-1-2-4-11(10)8-16(13)21;;/h2*1-9H,(H3-,17,18,19,20,21,22,23);;/q2*-1;+3;+1/p-2. The number of benzene rings is 6. The van der Waals surface area contributed by atoms with Crippen molar-refractivity contribution in [1.82, 2.24) is 0 Å². The van der Waals surface area contributed by atoms with Crippen LogP contribution in [0, 0.1) is 0 Å². The molecule has 0 aromatic heterocycles. The number of hydrogen-bond donors (Lipinski definition) is 2. The van der Waals surface area contributed by atoms with Crippen molar-refractivity contribution in [2.24, 2.45) is 20.5 Å². The van der Waals surface area contributed by atoms with E-state index >= 15 is 0 Å². The molecular formula is C32H22CoLiN6O8S2. The van der Waals surface area contributed by atoms with Gasteiger partial charge in [0.05, 0.1) is 41.2 Å². The van der Waals surface area contributed by atoms with E-state index in [-0.39, 0.29) is 79.7 Å². The summed E-state index contributed by atoms with van der Waals surface area (Å²) in [6.07, 6.45) is 0. The van der Waals surface area contributed by atoms with Gasteiger partial charge in [0.2, 0.25) is 0 Å². The molecule has 50 heavy (non-hydrogen) atoms. The van der Waals surface area contributed by atoms with Gasteiger partial charge in [0.25, 0.3) is 0 Å². The maximum atomic E-state index is 11.8. The van der Waals surface area contributed by atoms with Crippen LogP contribution in [0.15, 0.2) is 139 Å². The Morgan fingerprint density at radius 2 is 0.980 bits per heavy atom. The van der Waals surface area contributed by atoms with Crippen LogP contribution in [0.2, 0.25) is 0 Å². The van der Waals surface area contributed by atoms with Crippen molar-refractivity contribution in [1.29, 1.82) is 0 Å². The molecule has 0 fully saturated rings. The third-order valence-corrected chi connectivity index (χ3v) is 8.48. The van der Waals surface area contributed by atoms with E-state index in [1.54, 1.807) is 24.3 Å². The molecule has 6 rings (SSSR count). The average Bonchev–Trinajstić information content (AvgIpc) is 3.04. The molecule has 250 valence electrons. The maximum Gasteiger partial charge on any atom is 3.00 e. The van der Waals surface area contributed by atoms with Crippen LogP contribution in [-0.2, 0) is 36.8 Å². The fraction of sp³-hybridized carbons (Fsp3) is 0. The van der Waals surface area contributed by atoms with Gasteiger partial charge >= 0.3 is 35.6 Å². The molecule has 0 saturated heterocycles. The Bertz CT molecular complexity index is 2480. The molecule has 0 heterocycles. The largest absolute Gasteiger partial charge is 3.00 e. The second-order valence-electron chi connectivity index (χ2n) is 10.0. The van der Waals surface area contributed by atoms with Gasteiger partial charge in [-0.15, -0.1) is 10.2 Å². The summed E-state index contributed by atoms with van der Waals surface area (Å²) in [4.78, 5) is -0.697. The van der Waals surface area contributed by atoms with E-state index in [4.69, 9.17) is 10.3 Å². The first-order valence-electron chi connectivity index (χ1n) is 13.6.